The van der Waals surface area contributed by atoms with Crippen LogP contribution in [0.5, 0.6) is 5.75 Å². The molecule has 1 aliphatic heterocycles. The molecular weight excluding hydrogens is 387 g/mol. The van der Waals surface area contributed by atoms with Crippen molar-refractivity contribution in [3.63, 3.8) is 0 Å². The van der Waals surface area contributed by atoms with E-state index >= 15 is 0 Å². The maximum atomic E-state index is 12.8. The van der Waals surface area contributed by atoms with Gasteiger partial charge in [-0.25, -0.2) is 0 Å². The minimum atomic E-state index is -4.08. The Bertz CT molecular complexity index is 843. The number of ether oxygens (including phenoxy) is 1. The lowest BCUT2D eigenvalue weighted by atomic mass is 9.87. The van der Waals surface area contributed by atoms with Gasteiger partial charge in [0.1, 0.15) is 5.75 Å². The summed E-state index contributed by atoms with van der Waals surface area (Å²) in [6.45, 7) is 6.41. The fourth-order valence-corrected chi connectivity index (χ4v) is 4.45. The van der Waals surface area contributed by atoms with Gasteiger partial charge >= 0.3 is 6.18 Å². The zero-order chi connectivity index (χ0) is 21.1. The number of halogens is 3. The van der Waals surface area contributed by atoms with E-state index in [9.17, 15) is 13.2 Å². The predicted molar refractivity (Wildman–Crippen MR) is 114 cm³/mol. The molecule has 0 atom stereocenters. The lowest BCUT2D eigenvalue weighted by molar-refractivity contribution is -0.185. The molecule has 2 fully saturated rings. The molecule has 1 aliphatic carbocycles. The highest BCUT2D eigenvalue weighted by molar-refractivity contribution is 5.69. The minimum Gasteiger partial charge on any atom is -0.490 e. The van der Waals surface area contributed by atoms with Crippen LogP contribution in [0.1, 0.15) is 44.1 Å². The van der Waals surface area contributed by atoms with Crippen LogP contribution in [0.2, 0.25) is 0 Å². The summed E-state index contributed by atoms with van der Waals surface area (Å²) in [4.78, 5) is 2.34. The Labute approximate surface area is 176 Å². The second-order valence-corrected chi connectivity index (χ2v) is 8.38. The highest BCUT2D eigenvalue weighted by Gasteiger charge is 2.41. The average molecular weight is 415 g/mol. The molecule has 2 aromatic rings. The number of alkyl halides is 3. The summed E-state index contributed by atoms with van der Waals surface area (Å²) in [6, 6.07) is 16.2. The third-order valence-corrected chi connectivity index (χ3v) is 6.33. The van der Waals surface area contributed by atoms with E-state index in [0.29, 0.717) is 18.6 Å². The average Bonchev–Trinajstić information content (AvgIpc) is 3.29. The maximum absolute atomic E-state index is 12.8. The van der Waals surface area contributed by atoms with Gasteiger partial charge in [0.15, 0.2) is 0 Å². The van der Waals surface area contributed by atoms with E-state index in [1.165, 1.54) is 12.8 Å². The lowest BCUT2D eigenvalue weighted by Gasteiger charge is -2.30. The summed E-state index contributed by atoms with van der Waals surface area (Å²) in [5, 5.41) is 0. The van der Waals surface area contributed by atoms with Crippen LogP contribution in [-0.4, -0.2) is 30.3 Å². The molecule has 0 spiro atoms. The van der Waals surface area contributed by atoms with E-state index in [0.717, 1.165) is 35.5 Å². The first-order valence-corrected chi connectivity index (χ1v) is 10.8. The Morgan fingerprint density at radius 2 is 1.37 bits per heavy atom. The second kappa shape index (κ2) is 8.75. The number of benzene rings is 2. The van der Waals surface area contributed by atoms with Gasteiger partial charge in [-0.3, -0.25) is 0 Å². The monoisotopic (exact) mass is 415 g/mol. The molecule has 0 bridgehead atoms. The molecule has 0 unspecified atom stereocenters. The van der Waals surface area contributed by atoms with Crippen molar-refractivity contribution in [3.05, 3.63) is 60.7 Å². The van der Waals surface area contributed by atoms with E-state index < -0.39 is 12.1 Å². The Morgan fingerprint density at radius 3 is 1.90 bits per heavy atom. The summed E-state index contributed by atoms with van der Waals surface area (Å²) < 4.78 is 44.3. The quantitative estimate of drug-likeness (QED) is 0.525. The van der Waals surface area contributed by atoms with E-state index in [2.05, 4.69) is 35.7 Å². The SMILES string of the molecule is C=C(c1ccc(-c2ccc(OC3CCC(C(F)(F)F)CC3)cc2)cc1)N1CCCC1. The van der Waals surface area contributed by atoms with Gasteiger partial charge in [0.2, 0.25) is 0 Å². The molecule has 0 amide bonds. The smallest absolute Gasteiger partial charge is 0.391 e. The van der Waals surface area contributed by atoms with Crippen molar-refractivity contribution in [1.29, 1.82) is 0 Å². The largest absolute Gasteiger partial charge is 0.490 e. The number of nitrogens with zero attached hydrogens (tertiary/aromatic N) is 1. The van der Waals surface area contributed by atoms with E-state index in [-0.39, 0.29) is 18.9 Å². The lowest BCUT2D eigenvalue weighted by Crippen LogP contribution is -2.31. The molecule has 0 aromatic heterocycles. The van der Waals surface area contributed by atoms with Gasteiger partial charge in [0.05, 0.1) is 12.0 Å². The van der Waals surface area contributed by atoms with E-state index in [1.807, 2.05) is 24.3 Å². The van der Waals surface area contributed by atoms with Gasteiger partial charge in [0, 0.05) is 18.8 Å². The highest BCUT2D eigenvalue weighted by atomic mass is 19.4. The zero-order valence-electron chi connectivity index (χ0n) is 17.1. The minimum absolute atomic E-state index is 0.134. The van der Waals surface area contributed by atoms with Gasteiger partial charge < -0.3 is 9.64 Å². The van der Waals surface area contributed by atoms with Crippen LogP contribution < -0.4 is 4.74 Å². The molecule has 160 valence electrons. The number of rotatable bonds is 5. The van der Waals surface area contributed by atoms with E-state index in [1.54, 1.807) is 0 Å². The molecule has 2 aromatic carbocycles. The number of likely N-dealkylation sites (tertiary alicyclic amines) is 1. The van der Waals surface area contributed by atoms with Crippen LogP contribution in [0.4, 0.5) is 13.2 Å². The van der Waals surface area contributed by atoms with Crippen molar-refractivity contribution in [2.24, 2.45) is 5.92 Å². The molecule has 30 heavy (non-hydrogen) atoms. The predicted octanol–water partition coefficient (Wildman–Crippen LogP) is 6.92. The van der Waals surface area contributed by atoms with E-state index in [4.69, 9.17) is 4.74 Å². The molecule has 1 saturated heterocycles. The van der Waals surface area contributed by atoms with Gasteiger partial charge in [-0.2, -0.15) is 13.2 Å². The summed E-state index contributed by atoms with van der Waals surface area (Å²) in [5.74, 6) is -0.461. The highest BCUT2D eigenvalue weighted by Crippen LogP contribution is 2.38. The van der Waals surface area contributed by atoms with Crippen molar-refractivity contribution < 1.29 is 17.9 Å². The van der Waals surface area contributed by atoms with Crippen LogP contribution >= 0.6 is 0 Å². The van der Waals surface area contributed by atoms with Crippen molar-refractivity contribution in [2.45, 2.75) is 50.8 Å². The first-order valence-electron chi connectivity index (χ1n) is 10.8. The molecule has 2 nitrogen and oxygen atoms in total. The normalized spacial score (nSPS) is 22.2. The van der Waals surface area contributed by atoms with Gasteiger partial charge in [-0.15, -0.1) is 0 Å². The second-order valence-electron chi connectivity index (χ2n) is 8.38. The van der Waals surface area contributed by atoms with Gasteiger partial charge in [-0.1, -0.05) is 43.0 Å². The van der Waals surface area contributed by atoms with Crippen molar-refractivity contribution in [1.82, 2.24) is 4.90 Å². The number of hydrogen-bond acceptors (Lipinski definition) is 2. The van der Waals surface area contributed by atoms with Crippen LogP contribution in [0.25, 0.3) is 16.8 Å². The van der Waals surface area contributed by atoms with Crippen LogP contribution in [0.15, 0.2) is 55.1 Å². The summed E-state index contributed by atoms with van der Waals surface area (Å²) in [6.07, 6.45) is -0.538. The number of hydrogen-bond donors (Lipinski definition) is 0. The van der Waals surface area contributed by atoms with Crippen molar-refractivity contribution >= 4 is 5.70 Å². The summed E-state index contributed by atoms with van der Waals surface area (Å²) >= 11 is 0. The van der Waals surface area contributed by atoms with Crippen molar-refractivity contribution in [3.8, 4) is 16.9 Å². The van der Waals surface area contributed by atoms with Gasteiger partial charge in [-0.05, 0) is 67.3 Å². The first kappa shape index (κ1) is 20.8. The maximum Gasteiger partial charge on any atom is 0.391 e. The Balaban J connectivity index is 1.34. The Hall–Kier alpha value is -2.43. The Morgan fingerprint density at radius 1 is 0.833 bits per heavy atom. The molecule has 1 saturated carbocycles. The third-order valence-electron chi connectivity index (χ3n) is 6.33. The third kappa shape index (κ3) is 4.82. The summed E-state index contributed by atoms with van der Waals surface area (Å²) in [7, 11) is 0. The zero-order valence-corrected chi connectivity index (χ0v) is 17.1. The molecule has 0 radical (unpaired) electrons. The summed E-state index contributed by atoms with van der Waals surface area (Å²) in [5.41, 5.74) is 4.43. The van der Waals surface area contributed by atoms with Crippen molar-refractivity contribution in [2.75, 3.05) is 13.1 Å². The first-order chi connectivity index (χ1) is 14.4. The van der Waals surface area contributed by atoms with Crippen LogP contribution in [-0.2, 0) is 0 Å². The molecule has 2 aliphatic rings. The van der Waals surface area contributed by atoms with Crippen LogP contribution in [0.3, 0.4) is 0 Å². The molecule has 1 heterocycles. The van der Waals surface area contributed by atoms with Crippen LogP contribution in [0, 0.1) is 5.92 Å². The topological polar surface area (TPSA) is 12.5 Å². The van der Waals surface area contributed by atoms with Gasteiger partial charge in [0.25, 0.3) is 0 Å². The molecule has 4 rings (SSSR count). The standard InChI is InChI=1S/C25H28F3NO/c1-18(29-16-2-3-17-29)19-4-6-20(7-5-19)21-8-12-23(13-9-21)30-24-14-10-22(11-15-24)25(26,27)28/h4-9,12-13,22,24H,1-3,10-11,14-17H2. The fourth-order valence-electron chi connectivity index (χ4n) is 4.45. The molecule has 0 N–H and O–H groups in total. The Kier molecular flexibility index (Phi) is 6.07. The fraction of sp³-hybridized carbons (Fsp3) is 0.440. The molecular formula is C25H28F3NO. The molecule has 5 heteroatoms.